The number of nitrogens with one attached hydrogen (secondary N) is 1. The molecule has 1 aromatic carbocycles. The summed E-state index contributed by atoms with van der Waals surface area (Å²) in [5.74, 6) is -1.33. The molecule has 6 nitrogen and oxygen atoms in total. The highest BCUT2D eigenvalue weighted by atomic mass is 32.1. The number of aromatic nitrogens is 1. The Morgan fingerprint density at radius 1 is 1.23 bits per heavy atom. The maximum absolute atomic E-state index is 12.3. The van der Waals surface area contributed by atoms with E-state index in [4.69, 9.17) is 0 Å². The molecule has 2 aromatic rings. The predicted octanol–water partition coefficient (Wildman–Crippen LogP) is 2.07. The molecule has 0 bridgehead atoms. The monoisotopic (exact) mass is 315 g/mol. The first-order valence-electron chi connectivity index (χ1n) is 6.69. The van der Waals surface area contributed by atoms with Gasteiger partial charge in [0.25, 0.3) is 11.8 Å². The summed E-state index contributed by atoms with van der Waals surface area (Å²) in [6.45, 7) is 3.34. The molecule has 0 spiro atoms. The van der Waals surface area contributed by atoms with Crippen LogP contribution >= 0.6 is 11.3 Å². The van der Waals surface area contributed by atoms with Crippen LogP contribution in [-0.2, 0) is 4.79 Å². The summed E-state index contributed by atoms with van der Waals surface area (Å²) in [6.07, 6.45) is 0. The minimum Gasteiger partial charge on any atom is -0.300 e. The zero-order chi connectivity index (χ0) is 15.9. The highest BCUT2D eigenvalue weighted by Gasteiger charge is 2.40. The normalized spacial score (nSPS) is 14.9. The lowest BCUT2D eigenvalue weighted by Gasteiger charge is -2.21. The van der Waals surface area contributed by atoms with E-state index < -0.39 is 23.8 Å². The number of benzene rings is 1. The second kappa shape index (κ2) is 5.34. The van der Waals surface area contributed by atoms with Crippen molar-refractivity contribution >= 4 is 34.2 Å². The first kappa shape index (κ1) is 14.4. The van der Waals surface area contributed by atoms with Crippen molar-refractivity contribution in [3.63, 3.8) is 0 Å². The van der Waals surface area contributed by atoms with Crippen LogP contribution in [0.1, 0.15) is 33.3 Å². The Hall–Kier alpha value is -2.54. The Bertz CT molecular complexity index is 749. The molecule has 0 fully saturated rings. The Morgan fingerprint density at radius 3 is 2.32 bits per heavy atom. The third-order valence-corrected chi connectivity index (χ3v) is 4.32. The van der Waals surface area contributed by atoms with Gasteiger partial charge in [-0.2, -0.15) is 0 Å². The lowest BCUT2D eigenvalue weighted by Crippen LogP contribution is -2.45. The molecule has 0 radical (unpaired) electrons. The maximum atomic E-state index is 12.3. The van der Waals surface area contributed by atoms with Crippen molar-refractivity contribution in [2.75, 3.05) is 5.32 Å². The van der Waals surface area contributed by atoms with Crippen LogP contribution in [0.4, 0.5) is 5.13 Å². The maximum Gasteiger partial charge on any atom is 0.262 e. The fraction of sp³-hybridized carbons (Fsp3) is 0.200. The molecular weight excluding hydrogens is 302 g/mol. The molecule has 1 aliphatic rings. The van der Waals surface area contributed by atoms with E-state index >= 15 is 0 Å². The van der Waals surface area contributed by atoms with Crippen LogP contribution < -0.4 is 5.32 Å². The Labute approximate surface area is 130 Å². The van der Waals surface area contributed by atoms with Gasteiger partial charge in [-0.1, -0.05) is 12.1 Å². The molecule has 0 saturated heterocycles. The summed E-state index contributed by atoms with van der Waals surface area (Å²) in [6, 6.07) is 5.65. The molecule has 112 valence electrons. The van der Waals surface area contributed by atoms with Gasteiger partial charge in [0.05, 0.1) is 16.8 Å². The lowest BCUT2D eigenvalue weighted by atomic mass is 10.1. The number of hydrogen-bond donors (Lipinski definition) is 1. The van der Waals surface area contributed by atoms with E-state index in [9.17, 15) is 14.4 Å². The molecule has 1 atom stereocenters. The number of hydrogen-bond acceptors (Lipinski definition) is 5. The molecule has 0 unspecified atom stereocenters. The van der Waals surface area contributed by atoms with Gasteiger partial charge < -0.3 is 5.32 Å². The Balaban J connectivity index is 1.81. The number of rotatable bonds is 3. The van der Waals surface area contributed by atoms with Crippen LogP contribution in [0.5, 0.6) is 0 Å². The molecular formula is C15H13N3O3S. The summed E-state index contributed by atoms with van der Waals surface area (Å²) < 4.78 is 0. The fourth-order valence-electron chi connectivity index (χ4n) is 2.30. The number of nitrogens with zero attached hydrogens (tertiary/aromatic N) is 2. The minimum absolute atomic E-state index is 0.331. The number of carbonyl (C=O) groups excluding carboxylic acids is 3. The Morgan fingerprint density at radius 2 is 1.82 bits per heavy atom. The van der Waals surface area contributed by atoms with E-state index in [-0.39, 0.29) is 0 Å². The van der Waals surface area contributed by atoms with Gasteiger partial charge in [-0.15, -0.1) is 11.3 Å². The van der Waals surface area contributed by atoms with Gasteiger partial charge in [0, 0.05) is 5.38 Å². The van der Waals surface area contributed by atoms with Crippen LogP contribution in [0.25, 0.3) is 0 Å². The minimum atomic E-state index is -0.906. The molecule has 1 N–H and O–H groups in total. The van der Waals surface area contributed by atoms with Crippen LogP contribution in [0.15, 0.2) is 29.6 Å². The zero-order valence-electron chi connectivity index (χ0n) is 12.0. The molecule has 1 aliphatic heterocycles. The average Bonchev–Trinajstić information content (AvgIpc) is 3.01. The highest BCUT2D eigenvalue weighted by Crippen LogP contribution is 2.25. The number of thiazole rings is 1. The van der Waals surface area contributed by atoms with Crippen molar-refractivity contribution in [2.24, 2.45) is 0 Å². The summed E-state index contributed by atoms with van der Waals surface area (Å²) in [5, 5.41) is 4.89. The molecule has 3 amide bonds. The third-order valence-electron chi connectivity index (χ3n) is 3.44. The van der Waals surface area contributed by atoms with Crippen LogP contribution in [0.3, 0.4) is 0 Å². The SMILES string of the molecule is Cc1csc(NC(=O)[C@@H](C)N2C(=O)c3ccccc3C2=O)n1. The van der Waals surface area contributed by atoms with E-state index in [0.29, 0.717) is 16.3 Å². The number of amides is 3. The van der Waals surface area contributed by atoms with Crippen LogP contribution in [-0.4, -0.2) is 33.6 Å². The van der Waals surface area contributed by atoms with Gasteiger partial charge in [0.2, 0.25) is 5.91 Å². The van der Waals surface area contributed by atoms with Crippen LogP contribution in [0.2, 0.25) is 0 Å². The van der Waals surface area contributed by atoms with Crippen molar-refractivity contribution in [1.82, 2.24) is 9.88 Å². The third kappa shape index (κ3) is 2.29. The summed E-state index contributed by atoms with van der Waals surface area (Å²) in [4.78, 5) is 42.0. The first-order valence-corrected chi connectivity index (χ1v) is 7.57. The van der Waals surface area contributed by atoms with Gasteiger partial charge in [-0.3, -0.25) is 19.3 Å². The van der Waals surface area contributed by atoms with E-state index in [2.05, 4.69) is 10.3 Å². The molecule has 3 rings (SSSR count). The predicted molar refractivity (Wildman–Crippen MR) is 81.9 cm³/mol. The molecule has 7 heteroatoms. The Kier molecular flexibility index (Phi) is 3.50. The van der Waals surface area contributed by atoms with E-state index in [1.165, 1.54) is 18.3 Å². The van der Waals surface area contributed by atoms with Gasteiger partial charge in [0.15, 0.2) is 5.13 Å². The molecule has 0 aliphatic carbocycles. The van der Waals surface area contributed by atoms with Crippen molar-refractivity contribution in [3.8, 4) is 0 Å². The standard InChI is InChI=1S/C15H13N3O3S/c1-8-7-22-15(16-8)17-12(19)9(2)18-13(20)10-5-3-4-6-11(10)14(18)21/h3-7,9H,1-2H3,(H,16,17,19)/t9-/m1/s1. The second-order valence-electron chi connectivity index (χ2n) is 4.99. The summed E-state index contributed by atoms with van der Waals surface area (Å²) in [7, 11) is 0. The summed E-state index contributed by atoms with van der Waals surface area (Å²) in [5.41, 5.74) is 1.46. The molecule has 2 heterocycles. The number of fused-ring (bicyclic) bond motifs is 1. The zero-order valence-corrected chi connectivity index (χ0v) is 12.8. The van der Waals surface area contributed by atoms with Crippen LogP contribution in [0, 0.1) is 6.92 Å². The quantitative estimate of drug-likeness (QED) is 0.879. The van der Waals surface area contributed by atoms with Gasteiger partial charge in [-0.25, -0.2) is 4.98 Å². The largest absolute Gasteiger partial charge is 0.300 e. The smallest absolute Gasteiger partial charge is 0.262 e. The van der Waals surface area contributed by atoms with Crippen molar-refractivity contribution < 1.29 is 14.4 Å². The number of imide groups is 1. The van der Waals surface area contributed by atoms with Crippen molar-refractivity contribution in [3.05, 3.63) is 46.5 Å². The lowest BCUT2D eigenvalue weighted by molar-refractivity contribution is -0.119. The van der Waals surface area contributed by atoms with E-state index in [1.54, 1.807) is 24.3 Å². The fourth-order valence-corrected chi connectivity index (χ4v) is 2.99. The number of aryl methyl sites for hydroxylation is 1. The van der Waals surface area contributed by atoms with Gasteiger partial charge in [0.1, 0.15) is 6.04 Å². The molecule has 22 heavy (non-hydrogen) atoms. The second-order valence-corrected chi connectivity index (χ2v) is 5.84. The average molecular weight is 315 g/mol. The van der Waals surface area contributed by atoms with Gasteiger partial charge >= 0.3 is 0 Å². The molecule has 0 saturated carbocycles. The topological polar surface area (TPSA) is 79.4 Å². The van der Waals surface area contributed by atoms with Crippen molar-refractivity contribution in [2.45, 2.75) is 19.9 Å². The van der Waals surface area contributed by atoms with E-state index in [0.717, 1.165) is 10.6 Å². The first-order chi connectivity index (χ1) is 10.5. The summed E-state index contributed by atoms with van der Waals surface area (Å²) >= 11 is 1.30. The number of carbonyl (C=O) groups is 3. The highest BCUT2D eigenvalue weighted by molar-refractivity contribution is 7.13. The van der Waals surface area contributed by atoms with Gasteiger partial charge in [-0.05, 0) is 26.0 Å². The van der Waals surface area contributed by atoms with E-state index in [1.807, 2.05) is 12.3 Å². The van der Waals surface area contributed by atoms with Crippen molar-refractivity contribution in [1.29, 1.82) is 0 Å². The number of anilines is 1. The molecule has 1 aromatic heterocycles.